The molecule has 2 aromatic heterocycles. The second kappa shape index (κ2) is 6.79. The minimum Gasteiger partial charge on any atom is -0.497 e. The van der Waals surface area contributed by atoms with Gasteiger partial charge in [-0.2, -0.15) is 4.68 Å². The number of halogens is 3. The van der Waals surface area contributed by atoms with Crippen molar-refractivity contribution in [3.8, 4) is 22.7 Å². The number of nitrogens with zero attached hydrogens (tertiary/aromatic N) is 4. The number of aromatic nitrogens is 4. The molecular formula is C19H13Cl2FN4O. The van der Waals surface area contributed by atoms with Gasteiger partial charge in [0.2, 0.25) is 0 Å². The molecule has 4 aromatic rings. The van der Waals surface area contributed by atoms with E-state index >= 15 is 0 Å². The maximum absolute atomic E-state index is 14.6. The second-order valence-corrected chi connectivity index (χ2v) is 6.77. The molecule has 0 radical (unpaired) electrons. The summed E-state index contributed by atoms with van der Waals surface area (Å²) in [6.45, 7) is 1.92. The van der Waals surface area contributed by atoms with Crippen molar-refractivity contribution in [3.05, 3.63) is 64.0 Å². The molecule has 0 saturated carbocycles. The van der Waals surface area contributed by atoms with E-state index in [1.807, 2.05) is 19.1 Å². The van der Waals surface area contributed by atoms with Gasteiger partial charge in [0.1, 0.15) is 16.8 Å². The van der Waals surface area contributed by atoms with Gasteiger partial charge in [0.15, 0.2) is 11.6 Å². The first-order valence-electron chi connectivity index (χ1n) is 8.00. The van der Waals surface area contributed by atoms with Gasteiger partial charge < -0.3 is 4.74 Å². The van der Waals surface area contributed by atoms with Gasteiger partial charge in [-0.05, 0) is 48.9 Å². The minimum absolute atomic E-state index is 0.198. The molecule has 0 N–H and O–H groups in total. The van der Waals surface area contributed by atoms with Gasteiger partial charge in [0.25, 0.3) is 0 Å². The highest BCUT2D eigenvalue weighted by atomic mass is 35.5. The molecule has 8 heteroatoms. The van der Waals surface area contributed by atoms with Crippen LogP contribution in [-0.4, -0.2) is 27.1 Å². The summed E-state index contributed by atoms with van der Waals surface area (Å²) in [7, 11) is 1.57. The van der Waals surface area contributed by atoms with Gasteiger partial charge in [-0.1, -0.05) is 28.4 Å². The summed E-state index contributed by atoms with van der Waals surface area (Å²) in [6, 6.07) is 9.98. The van der Waals surface area contributed by atoms with Crippen LogP contribution in [0.1, 0.15) is 5.56 Å². The lowest BCUT2D eigenvalue weighted by atomic mass is 10.0. The highest BCUT2D eigenvalue weighted by molar-refractivity contribution is 6.33. The molecule has 5 nitrogen and oxygen atoms in total. The fraction of sp³-hybridized carbons (Fsp3) is 0.105. The van der Waals surface area contributed by atoms with E-state index < -0.39 is 5.82 Å². The lowest BCUT2D eigenvalue weighted by molar-refractivity contribution is 0.415. The Labute approximate surface area is 164 Å². The van der Waals surface area contributed by atoms with Crippen LogP contribution in [-0.2, 0) is 0 Å². The van der Waals surface area contributed by atoms with Crippen LogP contribution < -0.4 is 4.74 Å². The summed E-state index contributed by atoms with van der Waals surface area (Å²) in [4.78, 5) is 4.43. The average molecular weight is 403 g/mol. The number of aryl methyl sites for hydroxylation is 1. The minimum atomic E-state index is -0.530. The first-order chi connectivity index (χ1) is 13.0. The number of fused-ring (bicyclic) bond motifs is 1. The molecule has 0 unspecified atom stereocenters. The van der Waals surface area contributed by atoms with E-state index in [0.29, 0.717) is 22.1 Å². The van der Waals surface area contributed by atoms with Crippen molar-refractivity contribution in [2.45, 2.75) is 6.92 Å². The molecule has 136 valence electrons. The van der Waals surface area contributed by atoms with Crippen LogP contribution >= 0.6 is 23.2 Å². The van der Waals surface area contributed by atoms with Crippen molar-refractivity contribution in [2.75, 3.05) is 7.11 Å². The SMILES string of the molecule is COc1ccc(-c2c(C)ccnc2-n2nnc3cc(Cl)cc(F)c32)c(Cl)c1. The number of hydrogen-bond donors (Lipinski definition) is 0. The topological polar surface area (TPSA) is 52.8 Å². The van der Waals surface area contributed by atoms with Crippen LogP contribution in [0.25, 0.3) is 28.0 Å². The van der Waals surface area contributed by atoms with Crippen LogP contribution in [0, 0.1) is 12.7 Å². The summed E-state index contributed by atoms with van der Waals surface area (Å²) in [5, 5.41) is 8.86. The van der Waals surface area contributed by atoms with E-state index in [0.717, 1.165) is 16.7 Å². The Morgan fingerprint density at radius 2 is 1.93 bits per heavy atom. The van der Waals surface area contributed by atoms with Crippen LogP contribution in [0.4, 0.5) is 4.39 Å². The van der Waals surface area contributed by atoms with E-state index in [2.05, 4.69) is 15.3 Å². The molecule has 0 spiro atoms. The predicted molar refractivity (Wildman–Crippen MR) is 103 cm³/mol. The molecule has 0 amide bonds. The van der Waals surface area contributed by atoms with Crippen molar-refractivity contribution in [1.82, 2.24) is 20.0 Å². The summed E-state index contributed by atoms with van der Waals surface area (Å²) >= 11 is 12.4. The lowest BCUT2D eigenvalue weighted by Gasteiger charge is -2.14. The van der Waals surface area contributed by atoms with Gasteiger partial charge >= 0.3 is 0 Å². The zero-order chi connectivity index (χ0) is 19.1. The van der Waals surface area contributed by atoms with Crippen LogP contribution in [0.3, 0.4) is 0 Å². The monoisotopic (exact) mass is 402 g/mol. The largest absolute Gasteiger partial charge is 0.497 e. The lowest BCUT2D eigenvalue weighted by Crippen LogP contribution is -2.05. The number of rotatable bonds is 3. The number of ether oxygens (including phenoxy) is 1. The van der Waals surface area contributed by atoms with Gasteiger partial charge in [-0.25, -0.2) is 9.37 Å². The Hall–Kier alpha value is -2.70. The first-order valence-corrected chi connectivity index (χ1v) is 8.75. The molecule has 2 aromatic carbocycles. The predicted octanol–water partition coefficient (Wildman–Crippen LogP) is 5.25. The van der Waals surface area contributed by atoms with Crippen molar-refractivity contribution in [2.24, 2.45) is 0 Å². The Bertz CT molecular complexity index is 1180. The molecule has 0 saturated heterocycles. The van der Waals surface area contributed by atoms with Crippen molar-refractivity contribution in [3.63, 3.8) is 0 Å². The van der Waals surface area contributed by atoms with Crippen LogP contribution in [0.2, 0.25) is 10.0 Å². The average Bonchev–Trinajstić information content (AvgIpc) is 3.06. The summed E-state index contributed by atoms with van der Waals surface area (Å²) in [6.07, 6.45) is 1.63. The van der Waals surface area contributed by atoms with Crippen molar-refractivity contribution in [1.29, 1.82) is 0 Å². The molecule has 0 aliphatic rings. The maximum Gasteiger partial charge on any atom is 0.164 e. The Morgan fingerprint density at radius 3 is 2.67 bits per heavy atom. The van der Waals surface area contributed by atoms with Gasteiger partial charge in [-0.15, -0.1) is 5.10 Å². The fourth-order valence-electron chi connectivity index (χ4n) is 2.99. The third-order valence-electron chi connectivity index (χ3n) is 4.25. The normalized spacial score (nSPS) is 11.1. The summed E-state index contributed by atoms with van der Waals surface area (Å²) in [5.74, 6) is 0.530. The van der Waals surface area contributed by atoms with E-state index in [-0.39, 0.29) is 10.5 Å². The Morgan fingerprint density at radius 1 is 1.11 bits per heavy atom. The van der Waals surface area contributed by atoms with E-state index in [1.54, 1.807) is 31.5 Å². The van der Waals surface area contributed by atoms with Crippen molar-refractivity contribution >= 4 is 34.2 Å². The highest BCUT2D eigenvalue weighted by Crippen LogP contribution is 2.37. The van der Waals surface area contributed by atoms with Crippen LogP contribution in [0.15, 0.2) is 42.6 Å². The second-order valence-electron chi connectivity index (χ2n) is 5.93. The zero-order valence-electron chi connectivity index (χ0n) is 14.4. The molecule has 0 aliphatic carbocycles. The maximum atomic E-state index is 14.6. The molecule has 2 heterocycles. The summed E-state index contributed by atoms with van der Waals surface area (Å²) in [5.41, 5.74) is 2.91. The van der Waals surface area contributed by atoms with Gasteiger partial charge in [0, 0.05) is 22.3 Å². The quantitative estimate of drug-likeness (QED) is 0.469. The van der Waals surface area contributed by atoms with E-state index in [9.17, 15) is 4.39 Å². The Balaban J connectivity index is 2.01. The van der Waals surface area contributed by atoms with Crippen molar-refractivity contribution < 1.29 is 9.13 Å². The third-order valence-corrected chi connectivity index (χ3v) is 4.78. The Kier molecular flexibility index (Phi) is 4.45. The third kappa shape index (κ3) is 3.01. The molecule has 4 rings (SSSR count). The smallest absolute Gasteiger partial charge is 0.164 e. The van der Waals surface area contributed by atoms with E-state index in [4.69, 9.17) is 27.9 Å². The number of hydrogen-bond acceptors (Lipinski definition) is 4. The molecule has 0 aliphatic heterocycles. The summed E-state index contributed by atoms with van der Waals surface area (Å²) < 4.78 is 21.2. The molecule has 0 bridgehead atoms. The van der Waals surface area contributed by atoms with E-state index in [1.165, 1.54) is 10.7 Å². The molecule has 0 atom stereocenters. The van der Waals surface area contributed by atoms with Crippen LogP contribution in [0.5, 0.6) is 5.75 Å². The molecule has 0 fully saturated rings. The number of methoxy groups -OCH3 is 1. The standard InChI is InChI=1S/C19H13Cl2FN4O/c1-10-5-6-23-19(17(10)13-4-3-12(27-2)9-14(13)21)26-18-15(22)7-11(20)8-16(18)24-25-26/h3-9H,1-2H3. The van der Waals surface area contributed by atoms with Gasteiger partial charge in [-0.3, -0.25) is 0 Å². The number of pyridine rings is 1. The van der Waals surface area contributed by atoms with Gasteiger partial charge in [0.05, 0.1) is 12.1 Å². The number of benzene rings is 2. The highest BCUT2D eigenvalue weighted by Gasteiger charge is 2.20. The molecular weight excluding hydrogens is 390 g/mol. The first kappa shape index (κ1) is 17.7. The fourth-order valence-corrected chi connectivity index (χ4v) is 3.45. The zero-order valence-corrected chi connectivity index (χ0v) is 15.9. The molecule has 27 heavy (non-hydrogen) atoms.